The molecular formula is C13H13N3O. The van der Waals surface area contributed by atoms with Crippen LogP contribution in [0, 0.1) is 11.3 Å². The molecule has 1 aromatic carbocycles. The Morgan fingerprint density at radius 3 is 3.00 bits per heavy atom. The first-order chi connectivity index (χ1) is 8.26. The van der Waals surface area contributed by atoms with Gasteiger partial charge >= 0.3 is 0 Å². The van der Waals surface area contributed by atoms with Crippen LogP contribution in [-0.2, 0) is 13.5 Å². The quantitative estimate of drug-likeness (QED) is 0.807. The van der Waals surface area contributed by atoms with Crippen LogP contribution < -0.4 is 4.74 Å². The number of imidazole rings is 1. The summed E-state index contributed by atoms with van der Waals surface area (Å²) in [6.07, 6.45) is 2.10. The maximum Gasteiger partial charge on any atom is 0.140 e. The summed E-state index contributed by atoms with van der Waals surface area (Å²) in [7, 11) is 3.55. The molecule has 0 saturated carbocycles. The zero-order chi connectivity index (χ0) is 12.3. The summed E-state index contributed by atoms with van der Waals surface area (Å²) in [5.41, 5.74) is 1.89. The lowest BCUT2D eigenvalue weighted by atomic mass is 10.2. The number of hydrogen-bond donors (Lipinski definition) is 0. The summed E-state index contributed by atoms with van der Waals surface area (Å²) in [6, 6.07) is 9.84. The standard InChI is InChI=1S/C13H13N3O/c1-16-11(6-7-14)9-15-13(16)10-4-3-5-12(8-10)17-2/h3-5,8-9H,6H2,1-2H3. The van der Waals surface area contributed by atoms with Crippen molar-refractivity contribution in [1.82, 2.24) is 9.55 Å². The van der Waals surface area contributed by atoms with Crippen molar-refractivity contribution < 1.29 is 4.74 Å². The maximum atomic E-state index is 8.70. The fourth-order valence-electron chi connectivity index (χ4n) is 1.72. The zero-order valence-corrected chi connectivity index (χ0v) is 9.84. The van der Waals surface area contributed by atoms with Gasteiger partial charge in [-0.1, -0.05) is 12.1 Å². The summed E-state index contributed by atoms with van der Waals surface area (Å²) in [4.78, 5) is 4.34. The molecule has 0 fully saturated rings. The third-order valence-corrected chi connectivity index (χ3v) is 2.67. The number of ether oxygens (including phenoxy) is 1. The molecule has 1 aromatic heterocycles. The van der Waals surface area contributed by atoms with Crippen molar-refractivity contribution in [3.05, 3.63) is 36.2 Å². The van der Waals surface area contributed by atoms with Gasteiger partial charge in [0.25, 0.3) is 0 Å². The minimum absolute atomic E-state index is 0.369. The van der Waals surface area contributed by atoms with E-state index in [1.165, 1.54) is 0 Å². The van der Waals surface area contributed by atoms with E-state index in [1.807, 2.05) is 35.9 Å². The van der Waals surface area contributed by atoms with E-state index < -0.39 is 0 Å². The molecule has 2 aromatic rings. The second-order valence-corrected chi connectivity index (χ2v) is 3.70. The van der Waals surface area contributed by atoms with Crippen molar-refractivity contribution in [3.63, 3.8) is 0 Å². The van der Waals surface area contributed by atoms with E-state index in [1.54, 1.807) is 13.3 Å². The van der Waals surface area contributed by atoms with Crippen LogP contribution in [0.25, 0.3) is 11.4 Å². The van der Waals surface area contributed by atoms with Crippen LogP contribution in [0.5, 0.6) is 5.75 Å². The van der Waals surface area contributed by atoms with E-state index in [0.717, 1.165) is 22.8 Å². The average Bonchev–Trinajstić information content (AvgIpc) is 2.72. The Morgan fingerprint density at radius 1 is 1.47 bits per heavy atom. The van der Waals surface area contributed by atoms with Crippen LogP contribution in [0.15, 0.2) is 30.5 Å². The van der Waals surface area contributed by atoms with E-state index >= 15 is 0 Å². The highest BCUT2D eigenvalue weighted by molar-refractivity contribution is 5.58. The molecule has 0 bridgehead atoms. The van der Waals surface area contributed by atoms with Gasteiger partial charge in [-0.3, -0.25) is 0 Å². The molecule has 0 radical (unpaired) electrons. The zero-order valence-electron chi connectivity index (χ0n) is 9.84. The molecule has 0 unspecified atom stereocenters. The van der Waals surface area contributed by atoms with E-state index in [-0.39, 0.29) is 0 Å². The van der Waals surface area contributed by atoms with Crippen LogP contribution in [0.3, 0.4) is 0 Å². The lowest BCUT2D eigenvalue weighted by Gasteiger charge is -2.05. The van der Waals surface area contributed by atoms with Crippen LogP contribution in [0.2, 0.25) is 0 Å². The number of rotatable bonds is 3. The molecule has 0 saturated heterocycles. The molecule has 0 aliphatic rings. The van der Waals surface area contributed by atoms with Crippen molar-refractivity contribution in [2.75, 3.05) is 7.11 Å². The molecule has 86 valence electrons. The van der Waals surface area contributed by atoms with Crippen molar-refractivity contribution in [2.45, 2.75) is 6.42 Å². The highest BCUT2D eigenvalue weighted by Crippen LogP contribution is 2.23. The van der Waals surface area contributed by atoms with Crippen molar-refractivity contribution >= 4 is 0 Å². The third kappa shape index (κ3) is 2.13. The van der Waals surface area contributed by atoms with Gasteiger partial charge in [-0.15, -0.1) is 0 Å². The molecule has 0 aliphatic carbocycles. The van der Waals surface area contributed by atoms with E-state index in [2.05, 4.69) is 11.1 Å². The second-order valence-electron chi connectivity index (χ2n) is 3.70. The SMILES string of the molecule is COc1cccc(-c2ncc(CC#N)n2C)c1. The lowest BCUT2D eigenvalue weighted by Crippen LogP contribution is -1.98. The number of nitriles is 1. The molecule has 0 N–H and O–H groups in total. The Balaban J connectivity index is 2.43. The molecule has 0 spiro atoms. The van der Waals surface area contributed by atoms with Gasteiger partial charge < -0.3 is 9.30 Å². The van der Waals surface area contributed by atoms with Gasteiger partial charge in [-0.25, -0.2) is 4.98 Å². The smallest absolute Gasteiger partial charge is 0.140 e. The Kier molecular flexibility index (Phi) is 3.10. The minimum Gasteiger partial charge on any atom is -0.497 e. The van der Waals surface area contributed by atoms with Crippen LogP contribution >= 0.6 is 0 Å². The van der Waals surface area contributed by atoms with E-state index in [0.29, 0.717) is 6.42 Å². The summed E-state index contributed by atoms with van der Waals surface area (Å²) < 4.78 is 7.11. The molecule has 17 heavy (non-hydrogen) atoms. The van der Waals surface area contributed by atoms with Gasteiger partial charge in [0.2, 0.25) is 0 Å². The van der Waals surface area contributed by atoms with Gasteiger partial charge in [0.15, 0.2) is 0 Å². The topological polar surface area (TPSA) is 50.8 Å². The average molecular weight is 227 g/mol. The normalized spacial score (nSPS) is 9.94. The van der Waals surface area contributed by atoms with Gasteiger partial charge in [-0.2, -0.15) is 5.26 Å². The number of methoxy groups -OCH3 is 1. The summed E-state index contributed by atoms with van der Waals surface area (Å²) in [5.74, 6) is 1.64. The highest BCUT2D eigenvalue weighted by Gasteiger charge is 2.08. The van der Waals surface area contributed by atoms with Gasteiger partial charge in [0, 0.05) is 18.8 Å². The highest BCUT2D eigenvalue weighted by atomic mass is 16.5. The summed E-state index contributed by atoms with van der Waals surface area (Å²) in [5, 5.41) is 8.70. The van der Waals surface area contributed by atoms with Crippen LogP contribution in [-0.4, -0.2) is 16.7 Å². The molecule has 2 rings (SSSR count). The number of hydrogen-bond acceptors (Lipinski definition) is 3. The number of nitrogens with zero attached hydrogens (tertiary/aromatic N) is 3. The molecule has 1 heterocycles. The minimum atomic E-state index is 0.369. The van der Waals surface area contributed by atoms with E-state index in [9.17, 15) is 0 Å². The lowest BCUT2D eigenvalue weighted by molar-refractivity contribution is 0.415. The van der Waals surface area contributed by atoms with Crippen LogP contribution in [0.4, 0.5) is 0 Å². The molecule has 0 aliphatic heterocycles. The first-order valence-electron chi connectivity index (χ1n) is 5.28. The fourth-order valence-corrected chi connectivity index (χ4v) is 1.72. The molecular weight excluding hydrogens is 214 g/mol. The van der Waals surface area contributed by atoms with Gasteiger partial charge in [0.05, 0.1) is 25.3 Å². The summed E-state index contributed by atoms with van der Waals surface area (Å²) >= 11 is 0. The molecule has 0 atom stereocenters. The summed E-state index contributed by atoms with van der Waals surface area (Å²) in [6.45, 7) is 0. The first-order valence-corrected chi connectivity index (χ1v) is 5.28. The predicted octanol–water partition coefficient (Wildman–Crippen LogP) is 2.16. The van der Waals surface area contributed by atoms with E-state index in [4.69, 9.17) is 10.00 Å². The Bertz CT molecular complexity index is 566. The fraction of sp³-hybridized carbons (Fsp3) is 0.231. The van der Waals surface area contributed by atoms with Gasteiger partial charge in [-0.05, 0) is 12.1 Å². The Labute approximate surface area is 100 Å². The molecule has 0 amide bonds. The monoisotopic (exact) mass is 227 g/mol. The van der Waals surface area contributed by atoms with Crippen molar-refractivity contribution in [3.8, 4) is 23.2 Å². The first kappa shape index (κ1) is 11.2. The number of aromatic nitrogens is 2. The van der Waals surface area contributed by atoms with Crippen molar-refractivity contribution in [2.24, 2.45) is 7.05 Å². The maximum absolute atomic E-state index is 8.70. The molecule has 4 nitrogen and oxygen atoms in total. The Hall–Kier alpha value is -2.28. The van der Waals surface area contributed by atoms with Crippen molar-refractivity contribution in [1.29, 1.82) is 5.26 Å². The third-order valence-electron chi connectivity index (χ3n) is 2.67. The Morgan fingerprint density at radius 2 is 2.29 bits per heavy atom. The second kappa shape index (κ2) is 4.71. The predicted molar refractivity (Wildman–Crippen MR) is 64.5 cm³/mol. The number of benzene rings is 1. The molecule has 4 heteroatoms. The van der Waals surface area contributed by atoms with Crippen LogP contribution in [0.1, 0.15) is 5.69 Å². The largest absolute Gasteiger partial charge is 0.497 e. The van der Waals surface area contributed by atoms with Gasteiger partial charge in [0.1, 0.15) is 11.6 Å².